The Morgan fingerprint density at radius 1 is 1.12 bits per heavy atom. The summed E-state index contributed by atoms with van der Waals surface area (Å²) < 4.78 is 39.2. The third-order valence-corrected chi connectivity index (χ3v) is 4.39. The molecule has 1 heterocycles. The number of nitrogens with zero attached hydrogens (tertiary/aromatic N) is 1. The summed E-state index contributed by atoms with van der Waals surface area (Å²) in [5, 5.41) is 9.10. The van der Waals surface area contributed by atoms with Gasteiger partial charge in [0.15, 0.2) is 0 Å². The maximum absolute atomic E-state index is 13.1. The molecule has 0 fully saturated rings. The molecule has 1 aromatic carbocycles. The Kier molecular flexibility index (Phi) is 4.37. The molecule has 25 heavy (non-hydrogen) atoms. The van der Waals surface area contributed by atoms with Gasteiger partial charge in [0.25, 0.3) is 0 Å². The number of aryl methyl sites for hydroxylation is 1. The smallest absolute Gasteiger partial charge is 0.416 e. The molecule has 1 aliphatic carbocycles. The Bertz CT molecular complexity index is 869. The number of carboxylic acid groups (broad SMARTS) is 1. The Hall–Kier alpha value is -2.63. The minimum atomic E-state index is -4.40. The first-order valence-corrected chi connectivity index (χ1v) is 7.88. The molecule has 0 radical (unpaired) electrons. The zero-order valence-electron chi connectivity index (χ0n) is 13.5. The molecule has 0 saturated heterocycles. The third-order valence-electron chi connectivity index (χ3n) is 4.39. The lowest BCUT2D eigenvalue weighted by molar-refractivity contribution is -0.137. The van der Waals surface area contributed by atoms with E-state index in [1.54, 1.807) is 19.1 Å². The molecule has 0 aliphatic heterocycles. The summed E-state index contributed by atoms with van der Waals surface area (Å²) >= 11 is 0. The summed E-state index contributed by atoms with van der Waals surface area (Å²) in [5.74, 6) is -1.13. The molecule has 6 heteroatoms. The molecule has 0 saturated carbocycles. The van der Waals surface area contributed by atoms with Gasteiger partial charge in [-0.3, -0.25) is 0 Å². The molecule has 3 rings (SSSR count). The predicted molar refractivity (Wildman–Crippen MR) is 88.0 cm³/mol. The summed E-state index contributed by atoms with van der Waals surface area (Å²) in [6.07, 6.45) is -2.28. The number of allylic oxidation sites excluding steroid dienone is 2. The minimum Gasteiger partial charge on any atom is -0.477 e. The van der Waals surface area contributed by atoms with Crippen molar-refractivity contribution in [3.63, 3.8) is 0 Å². The predicted octanol–water partition coefficient (Wildman–Crippen LogP) is 5.20. The summed E-state index contributed by atoms with van der Waals surface area (Å²) in [6, 6.07) is 8.44. The fraction of sp³-hybridized carbons (Fsp3) is 0.263. The molecule has 0 unspecified atom stereocenters. The van der Waals surface area contributed by atoms with E-state index in [0.29, 0.717) is 24.1 Å². The molecule has 0 amide bonds. The summed E-state index contributed by atoms with van der Waals surface area (Å²) in [5.41, 5.74) is 2.73. The largest absolute Gasteiger partial charge is 0.477 e. The average molecular weight is 347 g/mol. The van der Waals surface area contributed by atoms with E-state index in [9.17, 15) is 18.0 Å². The second kappa shape index (κ2) is 6.35. The number of carboxylic acids is 1. The number of aromatic nitrogens is 1. The summed E-state index contributed by atoms with van der Waals surface area (Å²) in [4.78, 5) is 15.3. The van der Waals surface area contributed by atoms with Crippen molar-refractivity contribution in [1.82, 2.24) is 4.98 Å². The van der Waals surface area contributed by atoms with Gasteiger partial charge in [-0.2, -0.15) is 13.2 Å². The van der Waals surface area contributed by atoms with Crippen molar-refractivity contribution in [2.45, 2.75) is 32.4 Å². The van der Waals surface area contributed by atoms with E-state index in [1.807, 2.05) is 0 Å². The topological polar surface area (TPSA) is 50.2 Å². The van der Waals surface area contributed by atoms with Crippen molar-refractivity contribution in [2.75, 3.05) is 0 Å². The lowest BCUT2D eigenvalue weighted by atomic mass is 9.94. The molecule has 3 nitrogen and oxygen atoms in total. The van der Waals surface area contributed by atoms with Crippen LogP contribution >= 0.6 is 0 Å². The molecule has 0 spiro atoms. The first-order valence-electron chi connectivity index (χ1n) is 7.88. The van der Waals surface area contributed by atoms with Crippen molar-refractivity contribution in [3.8, 4) is 0 Å². The van der Waals surface area contributed by atoms with Crippen molar-refractivity contribution in [2.24, 2.45) is 0 Å². The number of halogens is 3. The number of pyridine rings is 1. The van der Waals surface area contributed by atoms with Gasteiger partial charge in [-0.25, -0.2) is 9.78 Å². The molecule has 0 bridgehead atoms. The molecule has 1 aromatic heterocycles. The van der Waals surface area contributed by atoms with Crippen LogP contribution in [-0.2, 0) is 6.18 Å². The van der Waals surface area contributed by atoms with Crippen LogP contribution in [0, 0.1) is 6.92 Å². The van der Waals surface area contributed by atoms with Crippen LogP contribution in [0.1, 0.15) is 52.1 Å². The maximum atomic E-state index is 13.1. The SMILES string of the molecule is Cc1ccc(C(F)(F)F)cc1C1=C(c2cccc(C(=O)O)n2)CCC1. The van der Waals surface area contributed by atoms with Gasteiger partial charge in [-0.15, -0.1) is 0 Å². The Morgan fingerprint density at radius 2 is 1.84 bits per heavy atom. The van der Waals surface area contributed by atoms with Crippen LogP contribution in [0.5, 0.6) is 0 Å². The Morgan fingerprint density at radius 3 is 2.52 bits per heavy atom. The number of carbonyl (C=O) groups is 1. The van der Waals surface area contributed by atoms with Gasteiger partial charge in [0.2, 0.25) is 0 Å². The zero-order chi connectivity index (χ0) is 18.2. The molecule has 2 aromatic rings. The molecule has 130 valence electrons. The molecular weight excluding hydrogens is 331 g/mol. The maximum Gasteiger partial charge on any atom is 0.416 e. The van der Waals surface area contributed by atoms with E-state index >= 15 is 0 Å². The second-order valence-electron chi connectivity index (χ2n) is 6.05. The van der Waals surface area contributed by atoms with Crippen LogP contribution in [0.2, 0.25) is 0 Å². The van der Waals surface area contributed by atoms with Gasteiger partial charge in [-0.05, 0) is 72.7 Å². The number of alkyl halides is 3. The Labute approximate surface area is 142 Å². The fourth-order valence-corrected chi connectivity index (χ4v) is 3.17. The van der Waals surface area contributed by atoms with Gasteiger partial charge in [0, 0.05) is 0 Å². The van der Waals surface area contributed by atoms with Crippen molar-refractivity contribution >= 4 is 17.1 Å². The first kappa shape index (κ1) is 17.2. The highest BCUT2D eigenvalue weighted by Gasteiger charge is 2.31. The molecule has 1 N–H and O–H groups in total. The van der Waals surface area contributed by atoms with E-state index in [2.05, 4.69) is 4.98 Å². The van der Waals surface area contributed by atoms with Gasteiger partial charge in [0.05, 0.1) is 11.3 Å². The number of hydrogen-bond acceptors (Lipinski definition) is 2. The van der Waals surface area contributed by atoms with Crippen molar-refractivity contribution in [1.29, 1.82) is 0 Å². The average Bonchev–Trinajstić information content (AvgIpc) is 3.03. The second-order valence-corrected chi connectivity index (χ2v) is 6.05. The van der Waals surface area contributed by atoms with Gasteiger partial charge >= 0.3 is 12.1 Å². The quantitative estimate of drug-likeness (QED) is 0.830. The van der Waals surface area contributed by atoms with Gasteiger partial charge < -0.3 is 5.11 Å². The first-order chi connectivity index (χ1) is 11.8. The van der Waals surface area contributed by atoms with E-state index in [0.717, 1.165) is 29.2 Å². The van der Waals surface area contributed by atoms with Crippen LogP contribution in [0.4, 0.5) is 13.2 Å². The highest BCUT2D eigenvalue weighted by atomic mass is 19.4. The number of hydrogen-bond donors (Lipinski definition) is 1. The van der Waals surface area contributed by atoms with Crippen LogP contribution < -0.4 is 0 Å². The zero-order valence-corrected chi connectivity index (χ0v) is 13.5. The lowest BCUT2D eigenvalue weighted by Crippen LogP contribution is -2.06. The summed E-state index contributed by atoms with van der Waals surface area (Å²) in [6.45, 7) is 1.78. The third kappa shape index (κ3) is 3.43. The summed E-state index contributed by atoms with van der Waals surface area (Å²) in [7, 11) is 0. The minimum absolute atomic E-state index is 0.0722. The normalized spacial score (nSPS) is 14.9. The molecule has 0 atom stereocenters. The highest BCUT2D eigenvalue weighted by Crippen LogP contribution is 2.41. The number of rotatable bonds is 3. The van der Waals surface area contributed by atoms with E-state index in [1.165, 1.54) is 18.2 Å². The monoisotopic (exact) mass is 347 g/mol. The van der Waals surface area contributed by atoms with Crippen LogP contribution in [-0.4, -0.2) is 16.1 Å². The van der Waals surface area contributed by atoms with Crippen LogP contribution in [0.25, 0.3) is 11.1 Å². The Balaban J connectivity index is 2.14. The highest BCUT2D eigenvalue weighted by molar-refractivity contribution is 5.94. The van der Waals surface area contributed by atoms with Gasteiger partial charge in [-0.1, -0.05) is 12.1 Å². The van der Waals surface area contributed by atoms with Crippen molar-refractivity contribution < 1.29 is 23.1 Å². The molecule has 1 aliphatic rings. The number of aromatic carboxylic acids is 1. The van der Waals surface area contributed by atoms with Crippen LogP contribution in [0.15, 0.2) is 36.4 Å². The lowest BCUT2D eigenvalue weighted by Gasteiger charge is -2.14. The van der Waals surface area contributed by atoms with E-state index < -0.39 is 17.7 Å². The fourth-order valence-electron chi connectivity index (χ4n) is 3.17. The standard InChI is InChI=1S/C19H16F3NO2/c1-11-8-9-12(19(20,21)22)10-15(11)13-4-2-5-14(13)16-6-3-7-17(23-16)18(24)25/h3,6-10H,2,4-5H2,1H3,(H,24,25). The van der Waals surface area contributed by atoms with Crippen LogP contribution in [0.3, 0.4) is 0 Å². The van der Waals surface area contributed by atoms with Gasteiger partial charge in [0.1, 0.15) is 5.69 Å². The van der Waals surface area contributed by atoms with E-state index in [-0.39, 0.29) is 5.69 Å². The van der Waals surface area contributed by atoms with E-state index in [4.69, 9.17) is 5.11 Å². The number of benzene rings is 1. The molecular formula is C19H16F3NO2. The van der Waals surface area contributed by atoms with Crippen molar-refractivity contribution in [3.05, 3.63) is 64.5 Å².